The molecule has 2 nitrogen and oxygen atoms in total. The molecule has 0 aromatic heterocycles. The maximum absolute atomic E-state index is 10.2. The summed E-state index contributed by atoms with van der Waals surface area (Å²) in [5, 5.41) is 10.2. The molecule has 0 aromatic carbocycles. The van der Waals surface area contributed by atoms with Crippen molar-refractivity contribution < 1.29 is 9.84 Å². The molecule has 104 valence electrons. The SMILES string of the molecule is CCCCC(CC)CC(O)C(CCC)OCC. The molecule has 0 radical (unpaired) electrons. The first-order chi connectivity index (χ1) is 8.19. The van der Waals surface area contributed by atoms with Crippen molar-refractivity contribution in [3.05, 3.63) is 0 Å². The van der Waals surface area contributed by atoms with Gasteiger partial charge in [0.05, 0.1) is 12.2 Å². The van der Waals surface area contributed by atoms with Crippen LogP contribution in [0.1, 0.15) is 72.6 Å². The van der Waals surface area contributed by atoms with E-state index in [2.05, 4.69) is 20.8 Å². The lowest BCUT2D eigenvalue weighted by atomic mass is 9.90. The highest BCUT2D eigenvalue weighted by Gasteiger charge is 2.21. The van der Waals surface area contributed by atoms with E-state index < -0.39 is 0 Å². The highest BCUT2D eigenvalue weighted by molar-refractivity contribution is 4.73. The number of aliphatic hydroxyl groups excluding tert-OH is 1. The van der Waals surface area contributed by atoms with Crippen LogP contribution in [0.5, 0.6) is 0 Å². The van der Waals surface area contributed by atoms with Gasteiger partial charge in [-0.1, -0.05) is 52.9 Å². The fourth-order valence-electron chi connectivity index (χ4n) is 2.36. The fraction of sp³-hybridized carbons (Fsp3) is 1.00. The van der Waals surface area contributed by atoms with Gasteiger partial charge in [0.15, 0.2) is 0 Å². The fourth-order valence-corrected chi connectivity index (χ4v) is 2.36. The smallest absolute Gasteiger partial charge is 0.0833 e. The van der Waals surface area contributed by atoms with Gasteiger partial charge < -0.3 is 9.84 Å². The Labute approximate surface area is 108 Å². The summed E-state index contributed by atoms with van der Waals surface area (Å²) in [6, 6.07) is 0. The summed E-state index contributed by atoms with van der Waals surface area (Å²) >= 11 is 0. The predicted molar refractivity (Wildman–Crippen MR) is 74.3 cm³/mol. The van der Waals surface area contributed by atoms with Crippen molar-refractivity contribution in [3.8, 4) is 0 Å². The van der Waals surface area contributed by atoms with Gasteiger partial charge in [-0.15, -0.1) is 0 Å². The Morgan fingerprint density at radius 2 is 1.71 bits per heavy atom. The number of rotatable bonds is 11. The van der Waals surface area contributed by atoms with Crippen LogP contribution in [0.15, 0.2) is 0 Å². The first-order valence-corrected chi connectivity index (χ1v) is 7.49. The van der Waals surface area contributed by atoms with Crippen molar-refractivity contribution in [3.63, 3.8) is 0 Å². The second kappa shape index (κ2) is 11.0. The van der Waals surface area contributed by atoms with E-state index in [-0.39, 0.29) is 12.2 Å². The van der Waals surface area contributed by atoms with Crippen molar-refractivity contribution in [2.24, 2.45) is 5.92 Å². The molecular weight excluding hydrogens is 212 g/mol. The minimum Gasteiger partial charge on any atom is -0.390 e. The Kier molecular flexibility index (Phi) is 11.0. The van der Waals surface area contributed by atoms with Gasteiger partial charge in [0.1, 0.15) is 0 Å². The second-order valence-corrected chi connectivity index (χ2v) is 5.00. The number of aliphatic hydroxyl groups is 1. The van der Waals surface area contributed by atoms with E-state index in [0.29, 0.717) is 12.5 Å². The van der Waals surface area contributed by atoms with Crippen LogP contribution in [0.2, 0.25) is 0 Å². The first kappa shape index (κ1) is 16.9. The zero-order chi connectivity index (χ0) is 13.1. The minimum atomic E-state index is -0.281. The summed E-state index contributed by atoms with van der Waals surface area (Å²) < 4.78 is 5.64. The maximum atomic E-state index is 10.2. The number of hydrogen-bond acceptors (Lipinski definition) is 2. The summed E-state index contributed by atoms with van der Waals surface area (Å²) in [6.07, 6.45) is 7.65. The third kappa shape index (κ3) is 7.77. The third-order valence-electron chi connectivity index (χ3n) is 3.50. The Bertz CT molecular complexity index is 153. The van der Waals surface area contributed by atoms with E-state index in [9.17, 15) is 5.11 Å². The van der Waals surface area contributed by atoms with Crippen LogP contribution in [0.25, 0.3) is 0 Å². The monoisotopic (exact) mass is 244 g/mol. The second-order valence-electron chi connectivity index (χ2n) is 5.00. The van der Waals surface area contributed by atoms with E-state index in [1.54, 1.807) is 0 Å². The highest BCUT2D eigenvalue weighted by Crippen LogP contribution is 2.22. The first-order valence-electron chi connectivity index (χ1n) is 7.49. The molecule has 0 aromatic rings. The van der Waals surface area contributed by atoms with E-state index in [0.717, 1.165) is 19.3 Å². The molecule has 0 bridgehead atoms. The molecule has 2 heteroatoms. The Hall–Kier alpha value is -0.0800. The average molecular weight is 244 g/mol. The normalized spacial score (nSPS) is 16.8. The average Bonchev–Trinajstić information content (AvgIpc) is 2.33. The topological polar surface area (TPSA) is 29.5 Å². The van der Waals surface area contributed by atoms with Crippen LogP contribution in [-0.4, -0.2) is 23.9 Å². The van der Waals surface area contributed by atoms with Gasteiger partial charge in [-0.2, -0.15) is 0 Å². The van der Waals surface area contributed by atoms with E-state index in [4.69, 9.17) is 4.74 Å². The van der Waals surface area contributed by atoms with E-state index in [1.807, 2.05) is 6.92 Å². The molecule has 3 unspecified atom stereocenters. The minimum absolute atomic E-state index is 0.0423. The van der Waals surface area contributed by atoms with Crippen LogP contribution in [0.3, 0.4) is 0 Å². The van der Waals surface area contributed by atoms with Gasteiger partial charge in [-0.05, 0) is 25.7 Å². The van der Waals surface area contributed by atoms with Crippen LogP contribution >= 0.6 is 0 Å². The molecule has 0 saturated heterocycles. The Morgan fingerprint density at radius 1 is 1.00 bits per heavy atom. The molecule has 1 N–H and O–H groups in total. The summed E-state index contributed by atoms with van der Waals surface area (Å²) in [4.78, 5) is 0. The Balaban J connectivity index is 4.09. The van der Waals surface area contributed by atoms with Crippen molar-refractivity contribution in [2.75, 3.05) is 6.61 Å². The van der Waals surface area contributed by atoms with Crippen molar-refractivity contribution in [2.45, 2.75) is 84.8 Å². The standard InChI is InChI=1S/C15H32O2/c1-5-9-11-13(7-3)12-14(16)15(10-6-2)17-8-4/h13-16H,5-12H2,1-4H3. The van der Waals surface area contributed by atoms with Crippen molar-refractivity contribution in [1.29, 1.82) is 0 Å². The Morgan fingerprint density at radius 3 is 2.18 bits per heavy atom. The van der Waals surface area contributed by atoms with Crippen LogP contribution < -0.4 is 0 Å². The summed E-state index contributed by atoms with van der Waals surface area (Å²) in [7, 11) is 0. The molecule has 0 spiro atoms. The van der Waals surface area contributed by atoms with Crippen LogP contribution in [-0.2, 0) is 4.74 Å². The molecule has 17 heavy (non-hydrogen) atoms. The third-order valence-corrected chi connectivity index (χ3v) is 3.50. The molecule has 0 saturated carbocycles. The van der Waals surface area contributed by atoms with Crippen LogP contribution in [0.4, 0.5) is 0 Å². The molecular formula is C15H32O2. The van der Waals surface area contributed by atoms with Gasteiger partial charge in [0.25, 0.3) is 0 Å². The largest absolute Gasteiger partial charge is 0.390 e. The maximum Gasteiger partial charge on any atom is 0.0833 e. The zero-order valence-corrected chi connectivity index (χ0v) is 12.2. The van der Waals surface area contributed by atoms with Gasteiger partial charge in [0.2, 0.25) is 0 Å². The molecule has 0 rings (SSSR count). The molecule has 0 amide bonds. The summed E-state index contributed by atoms with van der Waals surface area (Å²) in [6.45, 7) is 9.30. The zero-order valence-electron chi connectivity index (χ0n) is 12.2. The van der Waals surface area contributed by atoms with Gasteiger partial charge in [-0.3, -0.25) is 0 Å². The van der Waals surface area contributed by atoms with E-state index in [1.165, 1.54) is 25.7 Å². The van der Waals surface area contributed by atoms with Gasteiger partial charge in [0, 0.05) is 6.61 Å². The highest BCUT2D eigenvalue weighted by atomic mass is 16.5. The molecule has 0 fully saturated rings. The number of hydrogen-bond donors (Lipinski definition) is 1. The van der Waals surface area contributed by atoms with Crippen LogP contribution in [0, 0.1) is 5.92 Å². The van der Waals surface area contributed by atoms with Crippen molar-refractivity contribution in [1.82, 2.24) is 0 Å². The van der Waals surface area contributed by atoms with Gasteiger partial charge >= 0.3 is 0 Å². The lowest BCUT2D eigenvalue weighted by Crippen LogP contribution is -2.31. The predicted octanol–water partition coefficient (Wildman–Crippen LogP) is 4.16. The van der Waals surface area contributed by atoms with Crippen molar-refractivity contribution >= 4 is 0 Å². The molecule has 0 aliphatic carbocycles. The lowest BCUT2D eigenvalue weighted by molar-refractivity contribution is -0.0467. The number of ether oxygens (including phenoxy) is 1. The van der Waals surface area contributed by atoms with Gasteiger partial charge in [-0.25, -0.2) is 0 Å². The summed E-state index contributed by atoms with van der Waals surface area (Å²) in [5.74, 6) is 0.657. The quantitative estimate of drug-likeness (QED) is 0.591. The van der Waals surface area contributed by atoms with E-state index >= 15 is 0 Å². The molecule has 0 aliphatic heterocycles. The number of unbranched alkanes of at least 4 members (excludes halogenated alkanes) is 1. The molecule has 3 atom stereocenters. The lowest BCUT2D eigenvalue weighted by Gasteiger charge is -2.26. The summed E-state index contributed by atoms with van der Waals surface area (Å²) in [5.41, 5.74) is 0. The molecule has 0 aliphatic rings. The molecule has 0 heterocycles.